The van der Waals surface area contributed by atoms with Crippen LogP contribution in [0.3, 0.4) is 0 Å². The van der Waals surface area contributed by atoms with E-state index < -0.39 is 17.8 Å². The predicted octanol–water partition coefficient (Wildman–Crippen LogP) is 1.31. The lowest BCUT2D eigenvalue weighted by Crippen LogP contribution is -2.45. The Morgan fingerprint density at radius 3 is 2.50 bits per heavy atom. The summed E-state index contributed by atoms with van der Waals surface area (Å²) in [4.78, 5) is 36.0. The summed E-state index contributed by atoms with van der Waals surface area (Å²) in [5.41, 5.74) is 6.90. The number of hydrogen-bond acceptors (Lipinski definition) is 3. The highest BCUT2D eigenvalue weighted by Gasteiger charge is 2.40. The molecule has 118 valence electrons. The average Bonchev–Trinajstić information content (AvgIpc) is 2.36. The molecule has 2 amide bonds. The minimum Gasteiger partial charge on any atom is -0.481 e. The molecule has 0 aromatic heterocycles. The van der Waals surface area contributed by atoms with Crippen LogP contribution in [-0.2, 0) is 14.4 Å². The Morgan fingerprint density at radius 1 is 1.27 bits per heavy atom. The molecule has 22 heavy (non-hydrogen) atoms. The highest BCUT2D eigenvalue weighted by Crippen LogP contribution is 2.36. The summed E-state index contributed by atoms with van der Waals surface area (Å²) in [7, 11) is 0. The van der Waals surface area contributed by atoms with E-state index in [1.165, 1.54) is 0 Å². The van der Waals surface area contributed by atoms with E-state index in [1.54, 1.807) is 11.0 Å². The summed E-state index contributed by atoms with van der Waals surface area (Å²) in [6, 6.07) is 7.44. The van der Waals surface area contributed by atoms with Gasteiger partial charge in [-0.1, -0.05) is 12.1 Å². The highest BCUT2D eigenvalue weighted by molar-refractivity contribution is 5.97. The molecule has 0 bridgehead atoms. The molecule has 1 aliphatic carbocycles. The number of benzene rings is 1. The van der Waals surface area contributed by atoms with Gasteiger partial charge in [-0.15, -0.1) is 0 Å². The molecule has 0 spiro atoms. The molecule has 1 aromatic carbocycles. The molecule has 0 heterocycles. The van der Waals surface area contributed by atoms with E-state index in [4.69, 9.17) is 10.8 Å². The minimum atomic E-state index is -0.858. The van der Waals surface area contributed by atoms with Gasteiger partial charge in [0.05, 0.1) is 5.92 Å². The molecule has 1 aliphatic rings. The van der Waals surface area contributed by atoms with Crippen molar-refractivity contribution in [1.29, 1.82) is 0 Å². The number of hydrogen-bond donors (Lipinski definition) is 2. The number of amides is 2. The fraction of sp³-hybridized carbons (Fsp3) is 0.438. The maximum absolute atomic E-state index is 12.6. The maximum Gasteiger partial charge on any atom is 0.306 e. The van der Waals surface area contributed by atoms with Crippen LogP contribution in [0.5, 0.6) is 0 Å². The lowest BCUT2D eigenvalue weighted by atomic mass is 9.74. The first-order valence-corrected chi connectivity index (χ1v) is 7.27. The third-order valence-electron chi connectivity index (χ3n) is 4.00. The van der Waals surface area contributed by atoms with E-state index >= 15 is 0 Å². The standard InChI is InChI=1S/C16H20N2O4/c1-10-3-2-4-13(7-10)18(6-5-14(17)19)15(20)11-8-12(9-11)16(21)22/h2-4,7,11-12H,5-6,8-9H2,1H3,(H2,17,19)(H,21,22). The van der Waals surface area contributed by atoms with Crippen LogP contribution < -0.4 is 10.6 Å². The van der Waals surface area contributed by atoms with Gasteiger partial charge in [-0.05, 0) is 37.5 Å². The van der Waals surface area contributed by atoms with Gasteiger partial charge in [0.2, 0.25) is 11.8 Å². The van der Waals surface area contributed by atoms with E-state index in [2.05, 4.69) is 0 Å². The Balaban J connectivity index is 2.12. The van der Waals surface area contributed by atoms with Crippen molar-refractivity contribution >= 4 is 23.5 Å². The number of rotatable bonds is 6. The van der Waals surface area contributed by atoms with Crippen molar-refractivity contribution in [2.75, 3.05) is 11.4 Å². The van der Waals surface area contributed by atoms with Crippen molar-refractivity contribution in [2.24, 2.45) is 17.6 Å². The smallest absolute Gasteiger partial charge is 0.306 e. The van der Waals surface area contributed by atoms with Crippen LogP contribution in [0, 0.1) is 18.8 Å². The summed E-state index contributed by atoms with van der Waals surface area (Å²) >= 11 is 0. The number of aliphatic carboxylic acids is 1. The van der Waals surface area contributed by atoms with Crippen molar-refractivity contribution in [1.82, 2.24) is 0 Å². The second-order valence-corrected chi connectivity index (χ2v) is 5.75. The Bertz CT molecular complexity index is 594. The molecule has 0 radical (unpaired) electrons. The molecule has 0 unspecified atom stereocenters. The zero-order chi connectivity index (χ0) is 16.3. The summed E-state index contributed by atoms with van der Waals surface area (Å²) in [6.45, 7) is 2.13. The summed E-state index contributed by atoms with van der Waals surface area (Å²) in [6.07, 6.45) is 0.787. The SMILES string of the molecule is Cc1cccc(N(CCC(N)=O)C(=O)C2CC(C(=O)O)C2)c1. The second kappa shape index (κ2) is 6.60. The molecular formula is C16H20N2O4. The molecule has 0 saturated heterocycles. The molecule has 3 N–H and O–H groups in total. The number of carbonyl (C=O) groups excluding carboxylic acids is 2. The van der Waals surface area contributed by atoms with E-state index in [0.717, 1.165) is 5.56 Å². The van der Waals surface area contributed by atoms with E-state index in [0.29, 0.717) is 18.5 Å². The zero-order valence-corrected chi connectivity index (χ0v) is 12.5. The largest absolute Gasteiger partial charge is 0.481 e. The van der Waals surface area contributed by atoms with Crippen LogP contribution in [0.4, 0.5) is 5.69 Å². The van der Waals surface area contributed by atoms with Gasteiger partial charge < -0.3 is 15.7 Å². The fourth-order valence-corrected chi connectivity index (χ4v) is 2.63. The summed E-state index contributed by atoms with van der Waals surface area (Å²) < 4.78 is 0. The molecule has 0 aliphatic heterocycles. The molecule has 0 atom stereocenters. The third kappa shape index (κ3) is 3.63. The number of carboxylic acids is 1. The lowest BCUT2D eigenvalue weighted by molar-refractivity contribution is -0.148. The van der Waals surface area contributed by atoms with E-state index in [-0.39, 0.29) is 24.8 Å². The van der Waals surface area contributed by atoms with Gasteiger partial charge >= 0.3 is 5.97 Å². The zero-order valence-electron chi connectivity index (χ0n) is 12.5. The minimum absolute atomic E-state index is 0.0781. The maximum atomic E-state index is 12.6. The molecule has 1 saturated carbocycles. The fourth-order valence-electron chi connectivity index (χ4n) is 2.63. The molecule has 1 aromatic rings. The summed E-state index contributed by atoms with van der Waals surface area (Å²) in [5, 5.41) is 8.91. The van der Waals surface area contributed by atoms with Gasteiger partial charge in [-0.3, -0.25) is 14.4 Å². The third-order valence-corrected chi connectivity index (χ3v) is 4.00. The molecular weight excluding hydrogens is 284 g/mol. The van der Waals surface area contributed by atoms with E-state index in [9.17, 15) is 14.4 Å². The van der Waals surface area contributed by atoms with Crippen LogP contribution in [0.15, 0.2) is 24.3 Å². The average molecular weight is 304 g/mol. The molecule has 1 fully saturated rings. The Labute approximate surface area is 128 Å². The number of carbonyl (C=O) groups is 3. The van der Waals surface area contributed by atoms with Crippen molar-refractivity contribution in [3.63, 3.8) is 0 Å². The monoisotopic (exact) mass is 304 g/mol. The number of primary amides is 1. The van der Waals surface area contributed by atoms with E-state index in [1.807, 2.05) is 25.1 Å². The van der Waals surface area contributed by atoms with Crippen LogP contribution in [-0.4, -0.2) is 29.4 Å². The topological polar surface area (TPSA) is 101 Å². The number of aryl methyl sites for hydroxylation is 1. The quantitative estimate of drug-likeness (QED) is 0.827. The van der Waals surface area contributed by atoms with Gasteiger partial charge in [0.15, 0.2) is 0 Å². The first-order chi connectivity index (χ1) is 10.4. The Kier molecular flexibility index (Phi) is 4.80. The first-order valence-electron chi connectivity index (χ1n) is 7.27. The Hall–Kier alpha value is -2.37. The van der Waals surface area contributed by atoms with Crippen molar-refractivity contribution in [3.05, 3.63) is 29.8 Å². The van der Waals surface area contributed by atoms with Gasteiger partial charge in [0, 0.05) is 24.6 Å². The number of nitrogens with two attached hydrogens (primary N) is 1. The summed E-state index contributed by atoms with van der Waals surface area (Å²) in [5.74, 6) is -2.20. The van der Waals surface area contributed by atoms with Crippen LogP contribution >= 0.6 is 0 Å². The lowest BCUT2D eigenvalue weighted by Gasteiger charge is -2.35. The Morgan fingerprint density at radius 2 is 1.95 bits per heavy atom. The normalized spacial score (nSPS) is 20.0. The van der Waals surface area contributed by atoms with Gasteiger partial charge in [0.1, 0.15) is 0 Å². The van der Waals surface area contributed by atoms with Gasteiger partial charge in [-0.2, -0.15) is 0 Å². The van der Waals surface area contributed by atoms with Gasteiger partial charge in [-0.25, -0.2) is 0 Å². The molecule has 6 nitrogen and oxygen atoms in total. The number of anilines is 1. The number of carboxylic acid groups (broad SMARTS) is 1. The van der Waals surface area contributed by atoms with Gasteiger partial charge in [0.25, 0.3) is 0 Å². The van der Waals surface area contributed by atoms with Crippen LogP contribution in [0.1, 0.15) is 24.8 Å². The van der Waals surface area contributed by atoms with Crippen molar-refractivity contribution in [3.8, 4) is 0 Å². The van der Waals surface area contributed by atoms with Crippen LogP contribution in [0.25, 0.3) is 0 Å². The molecule has 6 heteroatoms. The first kappa shape index (κ1) is 16.0. The van der Waals surface area contributed by atoms with Crippen LogP contribution in [0.2, 0.25) is 0 Å². The number of nitrogens with zero attached hydrogens (tertiary/aromatic N) is 1. The van der Waals surface area contributed by atoms with Crippen molar-refractivity contribution in [2.45, 2.75) is 26.2 Å². The second-order valence-electron chi connectivity index (χ2n) is 5.75. The molecule has 2 rings (SSSR count). The predicted molar refractivity (Wildman–Crippen MR) is 81.2 cm³/mol. The van der Waals surface area contributed by atoms with Crippen molar-refractivity contribution < 1.29 is 19.5 Å². The highest BCUT2D eigenvalue weighted by atomic mass is 16.4.